The van der Waals surface area contributed by atoms with Gasteiger partial charge >= 0.3 is 11.9 Å². The topological polar surface area (TPSA) is 141 Å². The van der Waals surface area contributed by atoms with E-state index < -0.39 is 17.4 Å². The van der Waals surface area contributed by atoms with Crippen molar-refractivity contribution in [3.8, 4) is 39.1 Å². The van der Waals surface area contributed by atoms with Crippen LogP contribution in [0.2, 0.25) is 0 Å². The first kappa shape index (κ1) is 36.5. The second kappa shape index (κ2) is 13.4. The Balaban J connectivity index is 1.58. The predicted molar refractivity (Wildman–Crippen MR) is 221 cm³/mol. The number of aromatic carboxylic acids is 2. The number of methoxy groups -OCH3 is 1. The summed E-state index contributed by atoms with van der Waals surface area (Å²) >= 11 is 0. The quantitative estimate of drug-likeness (QED) is 0.133. The molecule has 0 spiro atoms. The minimum absolute atomic E-state index is 0.123. The van der Waals surface area contributed by atoms with E-state index in [4.69, 9.17) is 14.7 Å². The van der Waals surface area contributed by atoms with Crippen LogP contribution >= 0.6 is 0 Å². The lowest BCUT2D eigenvalue weighted by Gasteiger charge is -2.17. The van der Waals surface area contributed by atoms with Crippen LogP contribution in [-0.2, 0) is 23.7 Å². The van der Waals surface area contributed by atoms with Gasteiger partial charge in [0.05, 0.1) is 35.1 Å². The summed E-state index contributed by atoms with van der Waals surface area (Å²) in [6, 6.07) is 29.3. The molecule has 282 valence electrons. The van der Waals surface area contributed by atoms with Crippen LogP contribution in [0.3, 0.4) is 0 Å². The van der Waals surface area contributed by atoms with Gasteiger partial charge in [-0.15, -0.1) is 0 Å². The van der Waals surface area contributed by atoms with Crippen molar-refractivity contribution in [1.29, 1.82) is 0 Å². The maximum absolute atomic E-state index is 12.4. The summed E-state index contributed by atoms with van der Waals surface area (Å²) in [5, 5.41) is 20.3. The highest BCUT2D eigenvalue weighted by molar-refractivity contribution is 5.99. The molecule has 9 nitrogen and oxygen atoms in total. The monoisotopic (exact) mass is 744 g/mol. The molecule has 0 saturated heterocycles. The molecule has 2 aliphatic rings. The fourth-order valence-electron chi connectivity index (χ4n) is 7.94. The smallest absolute Gasteiger partial charge is 0.335 e. The SMILES string of the molecule is COc1c2nc(cc3[nH]c(cc3-c3ccc(C)cc3)c(-c3cc(C(=O)O)cc(C(=O)O)c3)c3nc(cc4[nH]c1cc4-c1ccc(C)cc1)C(C)(C)C3)C(C)(C)C2. The summed E-state index contributed by atoms with van der Waals surface area (Å²) in [7, 11) is 1.69. The van der Waals surface area contributed by atoms with Gasteiger partial charge in [0.2, 0.25) is 0 Å². The number of rotatable bonds is 6. The highest BCUT2D eigenvalue weighted by Gasteiger charge is 2.33. The van der Waals surface area contributed by atoms with Crippen molar-refractivity contribution >= 4 is 34.0 Å². The van der Waals surface area contributed by atoms with Crippen molar-refractivity contribution in [3.63, 3.8) is 0 Å². The lowest BCUT2D eigenvalue weighted by atomic mass is 9.85. The number of benzene rings is 3. The zero-order chi connectivity index (χ0) is 39.7. The highest BCUT2D eigenvalue weighted by atomic mass is 16.5. The first-order chi connectivity index (χ1) is 26.6. The number of H-pyrrole nitrogens is 2. The molecule has 2 aliphatic heterocycles. The van der Waals surface area contributed by atoms with E-state index in [9.17, 15) is 19.8 Å². The molecule has 9 heteroatoms. The summed E-state index contributed by atoms with van der Waals surface area (Å²) in [5.41, 5.74) is 12.6. The Bertz CT molecular complexity index is 2720. The summed E-state index contributed by atoms with van der Waals surface area (Å²) in [6.07, 6.45) is 1.15. The Kier molecular flexibility index (Phi) is 8.71. The molecule has 4 N–H and O–H groups in total. The van der Waals surface area contributed by atoms with E-state index in [-0.39, 0.29) is 16.5 Å². The van der Waals surface area contributed by atoms with Crippen LogP contribution in [0.4, 0.5) is 0 Å². The van der Waals surface area contributed by atoms with Crippen LogP contribution in [0, 0.1) is 13.8 Å². The van der Waals surface area contributed by atoms with Crippen LogP contribution in [0.5, 0.6) is 5.75 Å². The zero-order valence-corrected chi connectivity index (χ0v) is 32.6. The molecule has 8 rings (SSSR count). The van der Waals surface area contributed by atoms with Crippen LogP contribution < -0.4 is 4.74 Å². The molecule has 3 aromatic heterocycles. The number of hydrogen-bond donors (Lipinski definition) is 4. The Labute approximate surface area is 325 Å². The molecule has 0 saturated carbocycles. The number of nitrogens with one attached hydrogen (secondary N) is 2. The fraction of sp³-hybridized carbons (Fsp3) is 0.234. The van der Waals surface area contributed by atoms with Gasteiger partial charge in [0.25, 0.3) is 0 Å². The summed E-state index contributed by atoms with van der Waals surface area (Å²) in [6.45, 7) is 12.7. The number of hydrogen-bond acceptors (Lipinski definition) is 5. The van der Waals surface area contributed by atoms with Gasteiger partial charge in [0.15, 0.2) is 5.75 Å². The number of aryl methyl sites for hydroxylation is 2. The lowest BCUT2D eigenvalue weighted by molar-refractivity contribution is 0.0696. The second-order valence-corrected chi connectivity index (χ2v) is 16.4. The number of ether oxygens (including phenoxy) is 1. The van der Waals surface area contributed by atoms with Crippen LogP contribution in [0.1, 0.15) is 82.3 Å². The molecule has 0 unspecified atom stereocenters. The summed E-state index contributed by atoms with van der Waals surface area (Å²) in [4.78, 5) is 42.8. The maximum atomic E-state index is 12.4. The minimum Gasteiger partial charge on any atom is -0.493 e. The van der Waals surface area contributed by atoms with Gasteiger partial charge in [-0.25, -0.2) is 9.59 Å². The van der Waals surface area contributed by atoms with Crippen molar-refractivity contribution in [2.45, 2.75) is 65.2 Å². The lowest BCUT2D eigenvalue weighted by Crippen LogP contribution is -2.15. The molecule has 5 heterocycles. The molecular formula is C47H44N4O5. The first-order valence-corrected chi connectivity index (χ1v) is 18.7. The van der Waals surface area contributed by atoms with E-state index >= 15 is 0 Å². The van der Waals surface area contributed by atoms with Gasteiger partial charge in [-0.05, 0) is 73.0 Å². The third-order valence-corrected chi connectivity index (χ3v) is 11.1. The third kappa shape index (κ3) is 6.53. The molecule has 0 atom stereocenters. The van der Waals surface area contributed by atoms with E-state index in [0.717, 1.165) is 67.0 Å². The molecular weight excluding hydrogens is 701 g/mol. The van der Waals surface area contributed by atoms with Gasteiger partial charge in [0, 0.05) is 68.3 Å². The second-order valence-electron chi connectivity index (χ2n) is 16.4. The normalized spacial score (nSPS) is 14.4. The summed E-state index contributed by atoms with van der Waals surface area (Å²) < 4.78 is 6.16. The van der Waals surface area contributed by atoms with Crippen molar-refractivity contribution in [2.24, 2.45) is 0 Å². The van der Waals surface area contributed by atoms with Gasteiger partial charge in [-0.3, -0.25) is 9.97 Å². The molecule has 6 aromatic rings. The number of aromatic amines is 2. The van der Waals surface area contributed by atoms with Crippen molar-refractivity contribution < 1.29 is 24.5 Å². The number of carboxylic acid groups (broad SMARTS) is 2. The van der Waals surface area contributed by atoms with E-state index in [1.807, 2.05) is 6.92 Å². The third-order valence-electron chi connectivity index (χ3n) is 11.1. The van der Waals surface area contributed by atoms with Crippen molar-refractivity contribution in [1.82, 2.24) is 19.9 Å². The predicted octanol–water partition coefficient (Wildman–Crippen LogP) is 10.4. The molecule has 0 radical (unpaired) electrons. The molecule has 0 amide bonds. The van der Waals surface area contributed by atoms with E-state index in [2.05, 4.69) is 117 Å². The van der Waals surface area contributed by atoms with Crippen LogP contribution in [-0.4, -0.2) is 49.2 Å². The first-order valence-electron chi connectivity index (χ1n) is 18.7. The summed E-state index contributed by atoms with van der Waals surface area (Å²) in [5.74, 6) is -1.76. The number of carboxylic acids is 2. The van der Waals surface area contributed by atoms with Crippen LogP contribution in [0.25, 0.3) is 55.4 Å². The number of carbonyl (C=O) groups is 2. The highest BCUT2D eigenvalue weighted by Crippen LogP contribution is 2.42. The Morgan fingerprint density at radius 1 is 0.589 bits per heavy atom. The molecule has 56 heavy (non-hydrogen) atoms. The van der Waals surface area contributed by atoms with Crippen molar-refractivity contribution in [2.75, 3.05) is 7.11 Å². The maximum Gasteiger partial charge on any atom is 0.335 e. The van der Waals surface area contributed by atoms with Gasteiger partial charge in [-0.2, -0.15) is 0 Å². The largest absolute Gasteiger partial charge is 0.493 e. The van der Waals surface area contributed by atoms with E-state index in [1.54, 1.807) is 7.11 Å². The average molecular weight is 745 g/mol. The zero-order valence-electron chi connectivity index (χ0n) is 32.6. The number of aromatic nitrogens is 4. The number of nitrogens with zero attached hydrogens (tertiary/aromatic N) is 2. The van der Waals surface area contributed by atoms with Crippen LogP contribution in [0.15, 0.2) is 91.0 Å². The molecule has 8 bridgehead atoms. The molecule has 0 aliphatic carbocycles. The van der Waals surface area contributed by atoms with Crippen molar-refractivity contribution in [3.05, 3.63) is 136 Å². The number of fused-ring (bicyclic) bond motifs is 8. The van der Waals surface area contributed by atoms with E-state index in [0.29, 0.717) is 40.9 Å². The Morgan fingerprint density at radius 3 is 1.52 bits per heavy atom. The Morgan fingerprint density at radius 2 is 1.04 bits per heavy atom. The Hall–Kier alpha value is -6.48. The van der Waals surface area contributed by atoms with Gasteiger partial charge in [-0.1, -0.05) is 87.4 Å². The minimum atomic E-state index is -1.22. The molecule has 3 aromatic carbocycles. The molecule has 0 fully saturated rings. The fourth-order valence-corrected chi connectivity index (χ4v) is 7.94. The average Bonchev–Trinajstić information content (AvgIpc) is 3.89. The van der Waals surface area contributed by atoms with E-state index in [1.165, 1.54) is 18.2 Å². The van der Waals surface area contributed by atoms with Gasteiger partial charge < -0.3 is 24.9 Å². The van der Waals surface area contributed by atoms with Gasteiger partial charge in [0.1, 0.15) is 0 Å². The standard InChI is InChI=1S/C47H44N4O5/c1-25-8-12-27(13-9-25)32-19-36-42(29-16-30(44(52)53)18-31(17-29)45(54)55)38-23-46(3,4)40(50-38)22-35-33(28-14-10-26(2)11-15-28)20-37(49-35)43(56-7)39-24-47(5,6)41(51-39)21-34(32)48-36/h8-22,48-49H,23-24H2,1-7H3,(H,52,53)(H,54,55).